The first-order chi connectivity index (χ1) is 7.09. The van der Waals surface area contributed by atoms with E-state index < -0.39 is 10.0 Å². The molecule has 1 aromatic heterocycles. The van der Waals surface area contributed by atoms with Crippen LogP contribution in [0.2, 0.25) is 0 Å². The largest absolute Gasteiger partial charge is 0.452 e. The molecule has 7 heteroatoms. The molecule has 3 N–H and O–H groups in total. The molecular weight excluding hydrogens is 252 g/mol. The number of furan rings is 1. The van der Waals surface area contributed by atoms with Gasteiger partial charge in [-0.25, -0.2) is 13.1 Å². The van der Waals surface area contributed by atoms with E-state index in [0.29, 0.717) is 5.92 Å². The lowest BCUT2D eigenvalue weighted by Crippen LogP contribution is -2.38. The highest BCUT2D eigenvalue weighted by molar-refractivity contribution is 7.89. The van der Waals surface area contributed by atoms with Gasteiger partial charge in [-0.2, -0.15) is 0 Å². The van der Waals surface area contributed by atoms with E-state index in [0.717, 1.165) is 12.8 Å². The molecule has 0 radical (unpaired) electrons. The first-order valence-corrected chi connectivity index (χ1v) is 6.36. The van der Waals surface area contributed by atoms with Gasteiger partial charge in [0.2, 0.25) is 5.09 Å². The van der Waals surface area contributed by atoms with Crippen LogP contribution < -0.4 is 10.5 Å². The summed E-state index contributed by atoms with van der Waals surface area (Å²) in [6.45, 7) is 0.272. The lowest BCUT2D eigenvalue weighted by Gasteiger charge is -2.10. The van der Waals surface area contributed by atoms with E-state index in [4.69, 9.17) is 10.2 Å². The molecule has 0 aliphatic heterocycles. The Bertz CT molecular complexity index is 414. The topological polar surface area (TPSA) is 85.3 Å². The third-order valence-corrected chi connectivity index (χ3v) is 3.81. The minimum absolute atomic E-state index is 0. The van der Waals surface area contributed by atoms with Crippen LogP contribution in [-0.2, 0) is 10.0 Å². The van der Waals surface area contributed by atoms with Crippen LogP contribution in [0, 0.1) is 5.92 Å². The normalized spacial score (nSPS) is 17.8. The zero-order valence-corrected chi connectivity index (χ0v) is 10.3. The summed E-state index contributed by atoms with van der Waals surface area (Å²) in [5.41, 5.74) is 5.78. The van der Waals surface area contributed by atoms with Crippen LogP contribution in [0.15, 0.2) is 27.9 Å². The van der Waals surface area contributed by atoms with Gasteiger partial charge in [0.1, 0.15) is 0 Å². The van der Waals surface area contributed by atoms with Crippen LogP contribution in [0.5, 0.6) is 0 Å². The second-order valence-electron chi connectivity index (χ2n) is 3.79. The molecule has 0 saturated heterocycles. The third-order valence-electron chi connectivity index (χ3n) is 2.50. The predicted octanol–water partition coefficient (Wildman–Crippen LogP) is 0.717. The number of nitrogens with one attached hydrogen (secondary N) is 1. The fourth-order valence-corrected chi connectivity index (χ4v) is 2.38. The van der Waals surface area contributed by atoms with Crippen molar-refractivity contribution in [3.8, 4) is 0 Å². The zero-order valence-electron chi connectivity index (χ0n) is 8.63. The highest BCUT2D eigenvalue weighted by atomic mass is 35.5. The van der Waals surface area contributed by atoms with Gasteiger partial charge < -0.3 is 10.2 Å². The molecule has 0 amide bonds. The molecule has 16 heavy (non-hydrogen) atoms. The number of hydrogen-bond acceptors (Lipinski definition) is 4. The van der Waals surface area contributed by atoms with Crippen molar-refractivity contribution in [2.75, 3.05) is 6.54 Å². The molecule has 1 saturated carbocycles. The van der Waals surface area contributed by atoms with E-state index in [1.807, 2.05) is 0 Å². The fraction of sp³-hybridized carbons (Fsp3) is 0.556. The van der Waals surface area contributed by atoms with Gasteiger partial charge >= 0.3 is 0 Å². The van der Waals surface area contributed by atoms with Crippen LogP contribution >= 0.6 is 12.4 Å². The summed E-state index contributed by atoms with van der Waals surface area (Å²) in [7, 11) is -3.51. The molecule has 0 aromatic carbocycles. The molecule has 92 valence electrons. The Kier molecular flexibility index (Phi) is 4.37. The molecule has 1 atom stereocenters. The average molecular weight is 267 g/mol. The number of sulfonamides is 1. The molecule has 1 aliphatic carbocycles. The molecular formula is C9H15ClN2O3S. The first-order valence-electron chi connectivity index (χ1n) is 4.88. The Hall–Kier alpha value is -0.560. The molecule has 1 fully saturated rings. The minimum Gasteiger partial charge on any atom is -0.452 e. The Balaban J connectivity index is 0.00000128. The van der Waals surface area contributed by atoms with Crippen molar-refractivity contribution >= 4 is 22.4 Å². The van der Waals surface area contributed by atoms with E-state index in [9.17, 15) is 8.42 Å². The molecule has 2 rings (SSSR count). The monoisotopic (exact) mass is 266 g/mol. The van der Waals surface area contributed by atoms with E-state index in [-0.39, 0.29) is 30.1 Å². The smallest absolute Gasteiger partial charge is 0.273 e. The third kappa shape index (κ3) is 3.21. The molecule has 0 spiro atoms. The highest BCUT2D eigenvalue weighted by Gasteiger charge is 2.29. The van der Waals surface area contributed by atoms with Gasteiger partial charge in [-0.15, -0.1) is 12.4 Å². The van der Waals surface area contributed by atoms with Gasteiger partial charge in [0, 0.05) is 12.6 Å². The molecule has 1 aliphatic rings. The second-order valence-corrected chi connectivity index (χ2v) is 5.48. The standard InChI is InChI=1S/C9H14N2O3S.ClH/c10-8(7-3-4-7)6-11-15(12,13)9-2-1-5-14-9;/h1-2,5,7-8,11H,3-4,6,10H2;1H. The fourth-order valence-electron chi connectivity index (χ4n) is 1.38. The zero-order chi connectivity index (χ0) is 10.9. The minimum atomic E-state index is -3.51. The maximum Gasteiger partial charge on any atom is 0.273 e. The number of nitrogens with two attached hydrogens (primary N) is 1. The van der Waals surface area contributed by atoms with Crippen molar-refractivity contribution in [3.63, 3.8) is 0 Å². The summed E-state index contributed by atoms with van der Waals surface area (Å²) in [5, 5.41) is -0.0644. The molecule has 1 heterocycles. The van der Waals surface area contributed by atoms with Gasteiger partial charge in [-0.05, 0) is 30.9 Å². The van der Waals surface area contributed by atoms with Gasteiger partial charge in [-0.1, -0.05) is 0 Å². The van der Waals surface area contributed by atoms with Crippen molar-refractivity contribution < 1.29 is 12.8 Å². The van der Waals surface area contributed by atoms with E-state index in [1.54, 1.807) is 0 Å². The maximum absolute atomic E-state index is 11.6. The highest BCUT2D eigenvalue weighted by Crippen LogP contribution is 2.31. The number of hydrogen-bond donors (Lipinski definition) is 2. The Morgan fingerprint density at radius 2 is 2.25 bits per heavy atom. The average Bonchev–Trinajstić information content (AvgIpc) is 2.89. The lowest BCUT2D eigenvalue weighted by atomic mass is 10.2. The maximum atomic E-state index is 11.6. The summed E-state index contributed by atoms with van der Waals surface area (Å²) in [5.74, 6) is 0.476. The Labute approximate surface area is 101 Å². The van der Waals surface area contributed by atoms with Crippen LogP contribution in [0.1, 0.15) is 12.8 Å². The van der Waals surface area contributed by atoms with E-state index >= 15 is 0 Å². The van der Waals surface area contributed by atoms with Gasteiger partial charge in [0.05, 0.1) is 6.26 Å². The van der Waals surface area contributed by atoms with Gasteiger partial charge in [-0.3, -0.25) is 0 Å². The predicted molar refractivity (Wildman–Crippen MR) is 61.8 cm³/mol. The second kappa shape index (κ2) is 5.18. The summed E-state index contributed by atoms with van der Waals surface area (Å²) < 4.78 is 30.4. The molecule has 1 aromatic rings. The summed E-state index contributed by atoms with van der Waals surface area (Å²) in [4.78, 5) is 0. The van der Waals surface area contributed by atoms with Gasteiger partial charge in [0.15, 0.2) is 0 Å². The van der Waals surface area contributed by atoms with Crippen molar-refractivity contribution in [3.05, 3.63) is 18.4 Å². The van der Waals surface area contributed by atoms with E-state index in [1.165, 1.54) is 18.4 Å². The van der Waals surface area contributed by atoms with Crippen molar-refractivity contribution in [1.82, 2.24) is 4.72 Å². The van der Waals surface area contributed by atoms with Crippen molar-refractivity contribution in [2.24, 2.45) is 11.7 Å². The summed E-state index contributed by atoms with van der Waals surface area (Å²) in [6, 6.07) is 2.86. The number of halogens is 1. The molecule has 5 nitrogen and oxygen atoms in total. The Morgan fingerprint density at radius 3 is 2.75 bits per heavy atom. The van der Waals surface area contributed by atoms with Crippen LogP contribution in [-0.4, -0.2) is 21.0 Å². The molecule has 1 unspecified atom stereocenters. The van der Waals surface area contributed by atoms with Crippen LogP contribution in [0.3, 0.4) is 0 Å². The van der Waals surface area contributed by atoms with Crippen LogP contribution in [0.4, 0.5) is 0 Å². The SMILES string of the molecule is Cl.NC(CNS(=O)(=O)c1ccco1)C1CC1. The van der Waals surface area contributed by atoms with Crippen LogP contribution in [0.25, 0.3) is 0 Å². The van der Waals surface area contributed by atoms with Crippen molar-refractivity contribution in [1.29, 1.82) is 0 Å². The number of rotatable bonds is 5. The summed E-state index contributed by atoms with van der Waals surface area (Å²) >= 11 is 0. The summed E-state index contributed by atoms with van der Waals surface area (Å²) in [6.07, 6.45) is 3.53. The quantitative estimate of drug-likeness (QED) is 0.822. The van der Waals surface area contributed by atoms with E-state index in [2.05, 4.69) is 4.72 Å². The van der Waals surface area contributed by atoms with Gasteiger partial charge in [0.25, 0.3) is 10.0 Å². The lowest BCUT2D eigenvalue weighted by molar-refractivity contribution is 0.443. The Morgan fingerprint density at radius 1 is 1.56 bits per heavy atom. The van der Waals surface area contributed by atoms with Crippen molar-refractivity contribution in [2.45, 2.75) is 24.0 Å². The first kappa shape index (κ1) is 13.5. The molecule has 0 bridgehead atoms.